The number of nitrogens with one attached hydrogen (secondary N) is 1. The number of amides is 2. The number of primary amides is 1. The molecule has 0 rings (SSSR count). The fraction of sp³-hybridized carbons (Fsp3) is 0.500. The van der Waals surface area contributed by atoms with Crippen molar-refractivity contribution in [3.63, 3.8) is 0 Å². The zero-order valence-corrected chi connectivity index (χ0v) is 5.53. The van der Waals surface area contributed by atoms with E-state index in [0.29, 0.717) is 0 Å². The van der Waals surface area contributed by atoms with Crippen molar-refractivity contribution in [1.29, 1.82) is 0 Å². The van der Waals surface area contributed by atoms with Crippen LogP contribution in [-0.2, 0) is 33.6 Å². The van der Waals surface area contributed by atoms with Crippen LogP contribution in [0.1, 0.15) is 0 Å². The third-order valence-electron chi connectivity index (χ3n) is 0.246. The summed E-state index contributed by atoms with van der Waals surface area (Å²) in [5.41, 5.74) is 4.54. The van der Waals surface area contributed by atoms with Gasteiger partial charge in [0.1, 0.15) is 0 Å². The van der Waals surface area contributed by atoms with Crippen molar-refractivity contribution in [3.8, 4) is 0 Å². The van der Waals surface area contributed by atoms with Crippen molar-refractivity contribution in [2.75, 3.05) is 7.05 Å². The first kappa shape index (κ1) is 15.7. The van der Waals surface area contributed by atoms with Gasteiger partial charge in [0.15, 0.2) is 0 Å². The summed E-state index contributed by atoms with van der Waals surface area (Å²) < 4.78 is 0. The quantitative estimate of drug-likeness (QED) is 0.494. The molecule has 0 atom stereocenters. The molecule has 0 aliphatic carbocycles. The number of hydrogen-bond donors (Lipinski definition) is 2. The largest absolute Gasteiger partial charge is 0.352 e. The van der Waals surface area contributed by atoms with Gasteiger partial charge in [-0.1, -0.05) is 0 Å². The molecule has 0 bridgehead atoms. The SMILES string of the molecule is CNC(N)=O.[Cu].[Ni]. The molecule has 0 fully saturated rings. The molecule has 51 valence electrons. The zero-order valence-electron chi connectivity index (χ0n) is 3.60. The van der Waals surface area contributed by atoms with E-state index < -0.39 is 6.03 Å². The second-order valence-corrected chi connectivity index (χ2v) is 0.614. The van der Waals surface area contributed by atoms with Crippen molar-refractivity contribution < 1.29 is 38.4 Å². The van der Waals surface area contributed by atoms with Crippen molar-refractivity contribution in [3.05, 3.63) is 0 Å². The summed E-state index contributed by atoms with van der Waals surface area (Å²) in [7, 11) is 1.47. The minimum atomic E-state index is -0.495. The van der Waals surface area contributed by atoms with Crippen molar-refractivity contribution >= 4 is 6.03 Å². The average Bonchev–Trinajstić information content (AvgIpc) is 1.38. The maximum absolute atomic E-state index is 9.48. The molecule has 0 aromatic carbocycles. The molecule has 7 heavy (non-hydrogen) atoms. The Balaban J connectivity index is -0.0000000800. The normalized spacial score (nSPS) is 4.71. The van der Waals surface area contributed by atoms with Crippen molar-refractivity contribution in [2.24, 2.45) is 5.73 Å². The van der Waals surface area contributed by atoms with Gasteiger partial charge in [-0.3, -0.25) is 0 Å². The Bertz CT molecular complexity index is 51.0. The number of carbonyl (C=O) groups is 1. The molecule has 0 aromatic heterocycles. The molecule has 0 aliphatic heterocycles. The molecule has 0 spiro atoms. The Morgan fingerprint density at radius 2 is 1.86 bits per heavy atom. The predicted octanol–water partition coefficient (Wildman–Crippen LogP) is -0.720. The van der Waals surface area contributed by atoms with Gasteiger partial charge in [0.05, 0.1) is 0 Å². The van der Waals surface area contributed by atoms with Gasteiger partial charge in [0.25, 0.3) is 0 Å². The molecule has 0 saturated carbocycles. The maximum Gasteiger partial charge on any atom is 0.311 e. The first-order chi connectivity index (χ1) is 2.27. The van der Waals surface area contributed by atoms with Gasteiger partial charge < -0.3 is 11.1 Å². The smallest absolute Gasteiger partial charge is 0.311 e. The van der Waals surface area contributed by atoms with Crippen molar-refractivity contribution in [2.45, 2.75) is 0 Å². The summed E-state index contributed by atoms with van der Waals surface area (Å²) >= 11 is 0. The summed E-state index contributed by atoms with van der Waals surface area (Å²) in [6.45, 7) is 0. The third-order valence-corrected chi connectivity index (χ3v) is 0.246. The van der Waals surface area contributed by atoms with E-state index in [0.717, 1.165) is 0 Å². The number of rotatable bonds is 0. The summed E-state index contributed by atoms with van der Waals surface area (Å²) in [6.07, 6.45) is 0. The van der Waals surface area contributed by atoms with Crippen LogP contribution in [0, 0.1) is 0 Å². The van der Waals surface area contributed by atoms with E-state index in [4.69, 9.17) is 0 Å². The molecule has 1 radical (unpaired) electrons. The molecule has 0 aromatic rings. The Morgan fingerprint density at radius 3 is 1.86 bits per heavy atom. The standard InChI is InChI=1S/C2H6N2O.Cu.Ni/c1-4-2(3)5;;/h1H3,(H3,3,4,5);;. The first-order valence-electron chi connectivity index (χ1n) is 1.24. The number of hydrogen-bond acceptors (Lipinski definition) is 1. The van der Waals surface area contributed by atoms with Crippen LogP contribution in [0.4, 0.5) is 4.79 Å². The minimum absolute atomic E-state index is 0. The summed E-state index contributed by atoms with van der Waals surface area (Å²) in [5, 5.41) is 2.17. The second kappa shape index (κ2) is 9.56. The molecule has 0 heterocycles. The van der Waals surface area contributed by atoms with Gasteiger partial charge in [-0.05, 0) is 0 Å². The molecular weight excluding hydrogens is 190 g/mol. The van der Waals surface area contributed by atoms with Gasteiger partial charge in [0.2, 0.25) is 0 Å². The summed E-state index contributed by atoms with van der Waals surface area (Å²) in [5.74, 6) is 0. The molecule has 0 aliphatic rings. The molecule has 0 saturated heterocycles. The van der Waals surface area contributed by atoms with Crippen LogP contribution in [0.5, 0.6) is 0 Å². The zero-order chi connectivity index (χ0) is 4.28. The van der Waals surface area contributed by atoms with E-state index in [1.807, 2.05) is 0 Å². The Kier molecular flexibility index (Phi) is 21.4. The van der Waals surface area contributed by atoms with Crippen LogP contribution in [0.2, 0.25) is 0 Å². The van der Waals surface area contributed by atoms with Crippen LogP contribution < -0.4 is 11.1 Å². The van der Waals surface area contributed by atoms with E-state index in [2.05, 4.69) is 11.1 Å². The van der Waals surface area contributed by atoms with E-state index >= 15 is 0 Å². The van der Waals surface area contributed by atoms with Crippen molar-refractivity contribution in [1.82, 2.24) is 5.32 Å². The Hall–Kier alpha value is 0.283. The maximum atomic E-state index is 9.48. The van der Waals surface area contributed by atoms with E-state index in [1.165, 1.54) is 7.05 Å². The molecular formula is C2H6CuN2NiO. The van der Waals surface area contributed by atoms with Crippen LogP contribution in [0.3, 0.4) is 0 Å². The second-order valence-electron chi connectivity index (χ2n) is 0.614. The monoisotopic (exact) mass is 195 g/mol. The van der Waals surface area contributed by atoms with E-state index in [-0.39, 0.29) is 33.6 Å². The van der Waals surface area contributed by atoms with Crippen LogP contribution in [0.25, 0.3) is 0 Å². The number of urea groups is 1. The summed E-state index contributed by atoms with van der Waals surface area (Å²) in [4.78, 5) is 9.48. The van der Waals surface area contributed by atoms with Crippen LogP contribution in [0.15, 0.2) is 0 Å². The predicted molar refractivity (Wildman–Crippen MR) is 18.6 cm³/mol. The van der Waals surface area contributed by atoms with Gasteiger partial charge >= 0.3 is 6.03 Å². The molecule has 5 heteroatoms. The minimum Gasteiger partial charge on any atom is -0.352 e. The first-order valence-corrected chi connectivity index (χ1v) is 1.24. The molecule has 0 unspecified atom stereocenters. The number of carbonyl (C=O) groups excluding carboxylic acids is 1. The fourth-order valence-electron chi connectivity index (χ4n) is 0. The summed E-state index contributed by atoms with van der Waals surface area (Å²) in [6, 6.07) is -0.495. The van der Waals surface area contributed by atoms with Crippen LogP contribution in [-0.4, -0.2) is 13.1 Å². The van der Waals surface area contributed by atoms with E-state index in [9.17, 15) is 4.79 Å². The van der Waals surface area contributed by atoms with Gasteiger partial charge in [-0.25, -0.2) is 4.79 Å². The molecule has 2 amide bonds. The Morgan fingerprint density at radius 1 is 1.71 bits per heavy atom. The topological polar surface area (TPSA) is 55.1 Å². The Labute approximate surface area is 62.8 Å². The molecule has 3 N–H and O–H groups in total. The van der Waals surface area contributed by atoms with Gasteiger partial charge in [-0.2, -0.15) is 0 Å². The van der Waals surface area contributed by atoms with Gasteiger partial charge in [-0.15, -0.1) is 0 Å². The van der Waals surface area contributed by atoms with Gasteiger partial charge in [0, 0.05) is 40.6 Å². The third kappa shape index (κ3) is 22.1. The average molecular weight is 196 g/mol. The number of nitrogens with two attached hydrogens (primary N) is 1. The fourth-order valence-corrected chi connectivity index (χ4v) is 0. The van der Waals surface area contributed by atoms with Crippen LogP contribution >= 0.6 is 0 Å². The van der Waals surface area contributed by atoms with E-state index in [1.54, 1.807) is 0 Å². The molecule has 3 nitrogen and oxygen atoms in total.